The van der Waals surface area contributed by atoms with Crippen molar-refractivity contribution in [1.82, 2.24) is 4.90 Å². The smallest absolute Gasteiger partial charge is 0.222 e. The van der Waals surface area contributed by atoms with Gasteiger partial charge in [-0.1, -0.05) is 67.1 Å². The van der Waals surface area contributed by atoms with E-state index in [9.17, 15) is 4.79 Å². The summed E-state index contributed by atoms with van der Waals surface area (Å²) in [6.45, 7) is 2.88. The Bertz CT molecular complexity index is 736. The molecule has 1 aliphatic rings. The van der Waals surface area contributed by atoms with Crippen molar-refractivity contribution in [3.63, 3.8) is 0 Å². The predicted molar refractivity (Wildman–Crippen MR) is 135 cm³/mol. The molecular formula is C26H35NO2S2. The van der Waals surface area contributed by atoms with Crippen molar-refractivity contribution in [3.05, 3.63) is 71.8 Å². The van der Waals surface area contributed by atoms with Crippen molar-refractivity contribution in [2.75, 3.05) is 32.1 Å². The maximum Gasteiger partial charge on any atom is 0.222 e. The van der Waals surface area contributed by atoms with E-state index in [1.807, 2.05) is 16.7 Å². The molecule has 31 heavy (non-hydrogen) atoms. The first-order valence-electron chi connectivity index (χ1n) is 11.4. The minimum absolute atomic E-state index is 0.301. The second kappa shape index (κ2) is 14.6. The zero-order chi connectivity index (χ0) is 21.6. The van der Waals surface area contributed by atoms with Crippen LogP contribution in [0.15, 0.2) is 60.7 Å². The van der Waals surface area contributed by atoms with Gasteiger partial charge in [-0.25, -0.2) is 0 Å². The van der Waals surface area contributed by atoms with Gasteiger partial charge < -0.3 is 9.64 Å². The van der Waals surface area contributed by atoms with E-state index >= 15 is 0 Å². The van der Waals surface area contributed by atoms with E-state index < -0.39 is 0 Å². The number of carbonyl (C=O) groups excluding carboxylic acids is 1. The number of hydrogen-bond donors (Lipinski definition) is 0. The summed E-state index contributed by atoms with van der Waals surface area (Å²) < 4.78 is 5.35. The second-order valence-electron chi connectivity index (χ2n) is 7.98. The first-order valence-corrected chi connectivity index (χ1v) is 13.6. The lowest BCUT2D eigenvalue weighted by Gasteiger charge is -2.27. The van der Waals surface area contributed by atoms with E-state index in [0.29, 0.717) is 30.8 Å². The van der Waals surface area contributed by atoms with Crippen molar-refractivity contribution < 1.29 is 9.53 Å². The molecule has 0 bridgehead atoms. The zero-order valence-corrected chi connectivity index (χ0v) is 20.0. The van der Waals surface area contributed by atoms with Gasteiger partial charge in [0.05, 0.1) is 13.2 Å². The fourth-order valence-electron chi connectivity index (χ4n) is 3.70. The Morgan fingerprint density at radius 1 is 0.871 bits per heavy atom. The largest absolute Gasteiger partial charge is 0.378 e. The molecule has 0 radical (unpaired) electrons. The molecule has 3 nitrogen and oxygen atoms in total. The summed E-state index contributed by atoms with van der Waals surface area (Å²) in [6, 6.07) is 21.5. The molecule has 1 amide bonds. The lowest BCUT2D eigenvalue weighted by atomic mass is 10.1. The summed E-state index contributed by atoms with van der Waals surface area (Å²) in [4.78, 5) is 14.3. The van der Waals surface area contributed by atoms with Crippen LogP contribution in [-0.2, 0) is 21.0 Å². The van der Waals surface area contributed by atoms with Crippen molar-refractivity contribution in [2.45, 2.75) is 48.9 Å². The van der Waals surface area contributed by atoms with Crippen LogP contribution < -0.4 is 0 Å². The van der Waals surface area contributed by atoms with Gasteiger partial charge in [0.25, 0.3) is 0 Å². The standard InChI is InChI=1S/C26H35NO2S2/c28-26(27-16-18-29-19-17-27)14-8-7-13-25(31-22-24-11-5-2-6-12-24)15-20-30-21-23-9-3-1-4-10-23/h1-6,9-12,25H,7-8,13-22H2. The lowest BCUT2D eigenvalue weighted by molar-refractivity contribution is -0.135. The maximum atomic E-state index is 12.4. The van der Waals surface area contributed by atoms with Crippen LogP contribution in [-0.4, -0.2) is 48.1 Å². The third-order valence-electron chi connectivity index (χ3n) is 5.55. The van der Waals surface area contributed by atoms with Crippen LogP contribution in [0.25, 0.3) is 0 Å². The van der Waals surface area contributed by atoms with Gasteiger partial charge in [0, 0.05) is 36.3 Å². The van der Waals surface area contributed by atoms with Gasteiger partial charge in [0.1, 0.15) is 0 Å². The molecule has 1 unspecified atom stereocenters. The summed E-state index contributed by atoms with van der Waals surface area (Å²) in [5.41, 5.74) is 2.81. The van der Waals surface area contributed by atoms with Crippen molar-refractivity contribution in [1.29, 1.82) is 0 Å². The molecule has 0 aliphatic carbocycles. The van der Waals surface area contributed by atoms with Crippen molar-refractivity contribution >= 4 is 29.4 Å². The number of morpholine rings is 1. The van der Waals surface area contributed by atoms with Gasteiger partial charge in [0.15, 0.2) is 0 Å². The van der Waals surface area contributed by atoms with Crippen LogP contribution in [0.4, 0.5) is 0 Å². The van der Waals surface area contributed by atoms with Crippen molar-refractivity contribution in [3.8, 4) is 0 Å². The monoisotopic (exact) mass is 457 g/mol. The summed E-state index contributed by atoms with van der Waals surface area (Å²) in [5.74, 6) is 3.65. The number of nitrogens with zero attached hydrogens (tertiary/aromatic N) is 1. The Morgan fingerprint density at radius 3 is 2.19 bits per heavy atom. The Morgan fingerprint density at radius 2 is 1.52 bits per heavy atom. The minimum atomic E-state index is 0.301. The first-order chi connectivity index (χ1) is 15.3. The van der Waals surface area contributed by atoms with Crippen LogP contribution in [0.2, 0.25) is 0 Å². The van der Waals surface area contributed by atoms with E-state index in [0.717, 1.165) is 37.4 Å². The quantitative estimate of drug-likeness (QED) is 0.343. The van der Waals surface area contributed by atoms with Crippen LogP contribution in [0.3, 0.4) is 0 Å². The van der Waals surface area contributed by atoms with Gasteiger partial charge in [0.2, 0.25) is 5.91 Å². The summed E-state index contributed by atoms with van der Waals surface area (Å²) in [7, 11) is 0. The summed E-state index contributed by atoms with van der Waals surface area (Å²) >= 11 is 4.12. The molecule has 2 aromatic rings. The highest BCUT2D eigenvalue weighted by Crippen LogP contribution is 2.27. The number of benzene rings is 2. The van der Waals surface area contributed by atoms with Gasteiger partial charge in [-0.2, -0.15) is 23.5 Å². The molecule has 0 saturated carbocycles. The molecule has 0 N–H and O–H groups in total. The number of thioether (sulfide) groups is 2. The molecule has 0 aromatic heterocycles. The maximum absolute atomic E-state index is 12.4. The fraction of sp³-hybridized carbons (Fsp3) is 0.500. The number of unbranched alkanes of at least 4 members (excludes halogenated alkanes) is 1. The van der Waals surface area contributed by atoms with Gasteiger partial charge in [-0.3, -0.25) is 4.79 Å². The van der Waals surface area contributed by atoms with Crippen molar-refractivity contribution in [2.24, 2.45) is 0 Å². The molecule has 2 aromatic carbocycles. The normalized spacial score (nSPS) is 15.0. The van der Waals surface area contributed by atoms with E-state index in [1.165, 1.54) is 29.7 Å². The van der Waals surface area contributed by atoms with Crippen LogP contribution in [0, 0.1) is 0 Å². The number of hydrogen-bond acceptors (Lipinski definition) is 4. The SMILES string of the molecule is O=C(CCCCC(CCSCc1ccccc1)SCc1ccccc1)N1CCOCC1. The van der Waals surface area contributed by atoms with Crippen LogP contribution >= 0.6 is 23.5 Å². The number of ether oxygens (including phenoxy) is 1. The van der Waals surface area contributed by atoms with Gasteiger partial charge >= 0.3 is 0 Å². The summed E-state index contributed by atoms with van der Waals surface area (Å²) in [6.07, 6.45) is 5.23. The average Bonchev–Trinajstić information content (AvgIpc) is 2.84. The van der Waals surface area contributed by atoms with E-state index in [4.69, 9.17) is 4.74 Å². The molecule has 1 aliphatic heterocycles. The molecule has 1 saturated heterocycles. The molecular weight excluding hydrogens is 422 g/mol. The van der Waals surface area contributed by atoms with Gasteiger partial charge in [-0.05, 0) is 36.1 Å². The summed E-state index contributed by atoms with van der Waals surface area (Å²) in [5, 5.41) is 0.655. The van der Waals surface area contributed by atoms with Crippen LogP contribution in [0.5, 0.6) is 0 Å². The highest BCUT2D eigenvalue weighted by molar-refractivity contribution is 7.99. The number of rotatable bonds is 13. The topological polar surface area (TPSA) is 29.5 Å². The van der Waals surface area contributed by atoms with Gasteiger partial charge in [-0.15, -0.1) is 0 Å². The third kappa shape index (κ3) is 9.71. The Kier molecular flexibility index (Phi) is 11.4. The Balaban J connectivity index is 1.38. The van der Waals surface area contributed by atoms with E-state index in [-0.39, 0.29) is 0 Å². The Hall–Kier alpha value is -1.43. The molecule has 0 spiro atoms. The number of amides is 1. The second-order valence-corrected chi connectivity index (χ2v) is 10.4. The zero-order valence-electron chi connectivity index (χ0n) is 18.4. The molecule has 3 rings (SSSR count). The number of carbonyl (C=O) groups is 1. The molecule has 5 heteroatoms. The average molecular weight is 458 g/mol. The van der Waals surface area contributed by atoms with E-state index in [2.05, 4.69) is 72.4 Å². The molecule has 1 atom stereocenters. The van der Waals surface area contributed by atoms with Crippen LogP contribution in [0.1, 0.15) is 43.2 Å². The lowest BCUT2D eigenvalue weighted by Crippen LogP contribution is -2.40. The third-order valence-corrected chi connectivity index (χ3v) is 8.06. The fourth-order valence-corrected chi connectivity index (χ4v) is 6.11. The highest BCUT2D eigenvalue weighted by Gasteiger charge is 2.16. The Labute approximate surface area is 196 Å². The predicted octanol–water partition coefficient (Wildman–Crippen LogP) is 6.03. The molecule has 168 valence electrons. The molecule has 1 heterocycles. The highest BCUT2D eigenvalue weighted by atomic mass is 32.2. The molecule has 1 fully saturated rings. The van der Waals surface area contributed by atoms with E-state index in [1.54, 1.807) is 0 Å². The first kappa shape index (κ1) is 24.2. The minimum Gasteiger partial charge on any atom is -0.378 e.